The molecule has 2 nitrogen and oxygen atoms in total. The van der Waals surface area contributed by atoms with Crippen LogP contribution in [-0.4, -0.2) is 28.8 Å². The van der Waals surface area contributed by atoms with E-state index in [2.05, 4.69) is 56.9 Å². The molecule has 0 amide bonds. The van der Waals surface area contributed by atoms with Crippen LogP contribution in [0, 0.1) is 5.41 Å². The molecule has 0 bridgehead atoms. The lowest BCUT2D eigenvalue weighted by Gasteiger charge is -2.41. The van der Waals surface area contributed by atoms with Crippen LogP contribution in [0.25, 0.3) is 0 Å². The molecule has 0 fully saturated rings. The quantitative estimate of drug-likeness (QED) is 0.804. The van der Waals surface area contributed by atoms with Crippen molar-refractivity contribution in [3.63, 3.8) is 0 Å². The Labute approximate surface area is 130 Å². The number of hydrogen-bond acceptors (Lipinski definition) is 2. The third kappa shape index (κ3) is 5.62. The molecule has 1 aromatic carbocycles. The van der Waals surface area contributed by atoms with Gasteiger partial charge >= 0.3 is 0 Å². The van der Waals surface area contributed by atoms with Gasteiger partial charge in [-0.1, -0.05) is 51.1 Å². The zero-order chi connectivity index (χ0) is 16.3. The van der Waals surface area contributed by atoms with Crippen molar-refractivity contribution < 1.29 is 4.79 Å². The first-order chi connectivity index (χ1) is 9.51. The minimum atomic E-state index is -0.282. The van der Waals surface area contributed by atoms with Crippen molar-refractivity contribution in [3.8, 4) is 0 Å². The summed E-state index contributed by atoms with van der Waals surface area (Å²) in [4.78, 5) is 14.8. The van der Waals surface area contributed by atoms with Crippen LogP contribution in [0.3, 0.4) is 0 Å². The average Bonchev–Trinajstić information content (AvgIpc) is 2.34. The summed E-state index contributed by atoms with van der Waals surface area (Å²) in [5, 5.41) is 0. The molecular weight excluding hydrogens is 258 g/mol. The first-order valence-corrected chi connectivity index (χ1v) is 7.86. The summed E-state index contributed by atoms with van der Waals surface area (Å²) >= 11 is 0. The van der Waals surface area contributed by atoms with Crippen LogP contribution in [0.4, 0.5) is 0 Å². The van der Waals surface area contributed by atoms with Crippen molar-refractivity contribution in [3.05, 3.63) is 35.9 Å². The van der Waals surface area contributed by atoms with E-state index < -0.39 is 0 Å². The second-order valence-corrected chi connectivity index (χ2v) is 8.01. The minimum absolute atomic E-state index is 0.0187. The van der Waals surface area contributed by atoms with E-state index >= 15 is 0 Å². The van der Waals surface area contributed by atoms with Gasteiger partial charge in [-0.05, 0) is 39.7 Å². The van der Waals surface area contributed by atoms with E-state index in [1.807, 2.05) is 26.8 Å². The summed E-state index contributed by atoms with van der Waals surface area (Å²) in [7, 11) is 0. The number of ketones is 1. The van der Waals surface area contributed by atoms with Crippen LogP contribution in [0.1, 0.15) is 54.0 Å². The van der Waals surface area contributed by atoms with Gasteiger partial charge in [0.15, 0.2) is 5.78 Å². The molecular formula is C19H31NO. The SMILES string of the molecule is C[C@H](Cc1ccccc1)N(CC(=O)C(C)(C)C)C(C)(C)C. The molecule has 0 N–H and O–H groups in total. The molecule has 0 aromatic heterocycles. The minimum Gasteiger partial charge on any atom is -0.298 e. The maximum absolute atomic E-state index is 12.4. The standard InChI is InChI=1S/C19H31NO/c1-15(13-16-11-9-8-10-12-16)20(19(5,6)7)14-17(21)18(2,3)4/h8-12,15H,13-14H2,1-7H3/t15-/m1/s1. The highest BCUT2D eigenvalue weighted by molar-refractivity contribution is 5.85. The van der Waals surface area contributed by atoms with Gasteiger partial charge in [-0.3, -0.25) is 9.69 Å². The van der Waals surface area contributed by atoms with Crippen molar-refractivity contribution in [1.29, 1.82) is 0 Å². The Hall–Kier alpha value is -1.15. The maximum atomic E-state index is 12.4. The van der Waals surface area contributed by atoms with Crippen LogP contribution in [0.2, 0.25) is 0 Å². The summed E-state index contributed by atoms with van der Waals surface area (Å²) in [6.45, 7) is 15.3. The summed E-state index contributed by atoms with van der Waals surface area (Å²) in [6.07, 6.45) is 0.968. The number of benzene rings is 1. The van der Waals surface area contributed by atoms with Gasteiger partial charge in [0.05, 0.1) is 6.54 Å². The second kappa shape index (κ2) is 6.74. The molecule has 0 saturated carbocycles. The highest BCUT2D eigenvalue weighted by Crippen LogP contribution is 2.23. The first kappa shape index (κ1) is 17.9. The van der Waals surface area contributed by atoms with E-state index in [4.69, 9.17) is 0 Å². The molecule has 0 aliphatic rings. The molecule has 1 rings (SSSR count). The van der Waals surface area contributed by atoms with E-state index in [1.54, 1.807) is 0 Å². The second-order valence-electron chi connectivity index (χ2n) is 8.01. The molecule has 1 atom stereocenters. The molecule has 2 heteroatoms. The summed E-state index contributed by atoms with van der Waals surface area (Å²) < 4.78 is 0. The molecule has 21 heavy (non-hydrogen) atoms. The van der Waals surface area contributed by atoms with Crippen LogP contribution in [-0.2, 0) is 11.2 Å². The van der Waals surface area contributed by atoms with Crippen LogP contribution >= 0.6 is 0 Å². The van der Waals surface area contributed by atoms with E-state index in [0.29, 0.717) is 18.4 Å². The third-order valence-corrected chi connectivity index (χ3v) is 3.92. The van der Waals surface area contributed by atoms with Crippen molar-refractivity contribution >= 4 is 5.78 Å². The van der Waals surface area contributed by atoms with Gasteiger partial charge in [0.25, 0.3) is 0 Å². The lowest BCUT2D eigenvalue weighted by atomic mass is 9.88. The Morgan fingerprint density at radius 3 is 2.00 bits per heavy atom. The molecule has 1 aromatic rings. The number of carbonyl (C=O) groups excluding carboxylic acids is 1. The van der Waals surface area contributed by atoms with Gasteiger partial charge in [0, 0.05) is 17.0 Å². The highest BCUT2D eigenvalue weighted by atomic mass is 16.1. The van der Waals surface area contributed by atoms with Crippen molar-refractivity contribution in [2.24, 2.45) is 5.41 Å². The van der Waals surface area contributed by atoms with Crippen LogP contribution < -0.4 is 0 Å². The number of nitrogens with zero attached hydrogens (tertiary/aromatic N) is 1. The fourth-order valence-corrected chi connectivity index (χ4v) is 2.51. The summed E-state index contributed by atoms with van der Waals surface area (Å²) in [6, 6.07) is 10.8. The Kier molecular flexibility index (Phi) is 5.75. The van der Waals surface area contributed by atoms with Crippen LogP contribution in [0.15, 0.2) is 30.3 Å². The topological polar surface area (TPSA) is 20.3 Å². The predicted molar refractivity (Wildman–Crippen MR) is 90.5 cm³/mol. The smallest absolute Gasteiger partial charge is 0.152 e. The molecule has 0 heterocycles. The molecule has 118 valence electrons. The molecule has 0 spiro atoms. The Bertz CT molecular complexity index is 451. The molecule has 0 aliphatic heterocycles. The van der Waals surface area contributed by atoms with Crippen molar-refractivity contribution in [1.82, 2.24) is 4.90 Å². The number of Topliss-reactive ketones (excluding diaryl/α,β-unsaturated/α-hetero) is 1. The van der Waals surface area contributed by atoms with Gasteiger partial charge in [-0.15, -0.1) is 0 Å². The van der Waals surface area contributed by atoms with Crippen LogP contribution in [0.5, 0.6) is 0 Å². The van der Waals surface area contributed by atoms with Gasteiger partial charge in [-0.2, -0.15) is 0 Å². The highest BCUT2D eigenvalue weighted by Gasteiger charge is 2.31. The molecule has 0 unspecified atom stereocenters. The molecule has 0 saturated heterocycles. The number of rotatable bonds is 5. The summed E-state index contributed by atoms with van der Waals surface area (Å²) in [5.74, 6) is 0.303. The lowest BCUT2D eigenvalue weighted by Crippen LogP contribution is -2.51. The fraction of sp³-hybridized carbons (Fsp3) is 0.632. The van der Waals surface area contributed by atoms with E-state index in [9.17, 15) is 4.79 Å². The Balaban J connectivity index is 2.85. The fourth-order valence-electron chi connectivity index (χ4n) is 2.51. The maximum Gasteiger partial charge on any atom is 0.152 e. The van der Waals surface area contributed by atoms with E-state index in [-0.39, 0.29) is 11.0 Å². The van der Waals surface area contributed by atoms with E-state index in [1.165, 1.54) is 5.56 Å². The monoisotopic (exact) mass is 289 g/mol. The predicted octanol–water partition coefficient (Wildman–Crippen LogP) is 4.33. The molecule has 0 radical (unpaired) electrons. The first-order valence-electron chi connectivity index (χ1n) is 7.86. The van der Waals surface area contributed by atoms with Crippen molar-refractivity contribution in [2.75, 3.05) is 6.54 Å². The normalized spacial score (nSPS) is 14.3. The van der Waals surface area contributed by atoms with Crippen molar-refractivity contribution in [2.45, 2.75) is 66.5 Å². The zero-order valence-corrected chi connectivity index (χ0v) is 14.7. The zero-order valence-electron chi connectivity index (χ0n) is 14.7. The van der Waals surface area contributed by atoms with Gasteiger partial charge in [0.2, 0.25) is 0 Å². The Morgan fingerprint density at radius 1 is 1.05 bits per heavy atom. The van der Waals surface area contributed by atoms with E-state index in [0.717, 1.165) is 6.42 Å². The third-order valence-electron chi connectivity index (χ3n) is 3.92. The number of hydrogen-bond donors (Lipinski definition) is 0. The Morgan fingerprint density at radius 2 is 1.57 bits per heavy atom. The summed E-state index contributed by atoms with van der Waals surface area (Å²) in [5.41, 5.74) is 1.02. The van der Waals surface area contributed by atoms with Gasteiger partial charge in [-0.25, -0.2) is 0 Å². The van der Waals surface area contributed by atoms with Gasteiger partial charge < -0.3 is 0 Å². The lowest BCUT2D eigenvalue weighted by molar-refractivity contribution is -0.129. The van der Waals surface area contributed by atoms with Gasteiger partial charge in [0.1, 0.15) is 0 Å². The number of carbonyl (C=O) groups is 1. The largest absolute Gasteiger partial charge is 0.298 e. The molecule has 0 aliphatic carbocycles. The average molecular weight is 289 g/mol.